The number of nitrogens with one attached hydrogen (secondary N) is 1. The van der Waals surface area contributed by atoms with Gasteiger partial charge in [-0.3, -0.25) is 9.59 Å². The summed E-state index contributed by atoms with van der Waals surface area (Å²) in [6, 6.07) is 1.22. The highest BCUT2D eigenvalue weighted by atomic mass is 16.5. The van der Waals surface area contributed by atoms with E-state index in [0.717, 1.165) is 6.42 Å². The Hall–Kier alpha value is -2.88. The van der Waals surface area contributed by atoms with Gasteiger partial charge in [-0.15, -0.1) is 0 Å². The smallest absolute Gasteiger partial charge is 0.322 e. The molecule has 130 valence electrons. The maximum Gasteiger partial charge on any atom is 0.322 e. The number of pyridine rings is 1. The Morgan fingerprint density at radius 2 is 2.12 bits per heavy atom. The van der Waals surface area contributed by atoms with Crippen LogP contribution in [0.3, 0.4) is 0 Å². The number of carboxylic acids is 1. The molecule has 0 aromatic carbocycles. The van der Waals surface area contributed by atoms with E-state index in [1.807, 2.05) is 6.92 Å². The molecule has 0 fully saturated rings. The van der Waals surface area contributed by atoms with Gasteiger partial charge in [-0.05, 0) is 6.42 Å². The largest absolute Gasteiger partial charge is 0.507 e. The van der Waals surface area contributed by atoms with Crippen LogP contribution in [-0.2, 0) is 9.53 Å². The van der Waals surface area contributed by atoms with E-state index in [1.165, 1.54) is 16.9 Å². The van der Waals surface area contributed by atoms with Crippen LogP contribution in [0.5, 0.6) is 11.6 Å². The van der Waals surface area contributed by atoms with Gasteiger partial charge in [-0.1, -0.05) is 6.92 Å². The molecule has 2 heterocycles. The summed E-state index contributed by atoms with van der Waals surface area (Å²) in [5.74, 6) is -2.17. The van der Waals surface area contributed by atoms with Crippen LogP contribution in [0.25, 0.3) is 5.65 Å². The van der Waals surface area contributed by atoms with Crippen molar-refractivity contribution in [2.75, 3.05) is 26.4 Å². The summed E-state index contributed by atoms with van der Waals surface area (Å²) in [6.07, 6.45) is 2.09. The first-order valence-electron chi connectivity index (χ1n) is 7.30. The lowest BCUT2D eigenvalue weighted by Gasteiger charge is -2.11. The van der Waals surface area contributed by atoms with Gasteiger partial charge in [0.1, 0.15) is 30.8 Å². The average molecular weight is 338 g/mol. The SMILES string of the molecule is CCCOCCOc1cc(O)c(C(=O)NCC(=O)O)c2ncnn12. The van der Waals surface area contributed by atoms with E-state index >= 15 is 0 Å². The highest BCUT2D eigenvalue weighted by Gasteiger charge is 2.21. The number of rotatable bonds is 9. The van der Waals surface area contributed by atoms with Gasteiger partial charge in [-0.25, -0.2) is 4.98 Å². The number of hydrogen-bond donors (Lipinski definition) is 3. The fourth-order valence-corrected chi connectivity index (χ4v) is 1.95. The van der Waals surface area contributed by atoms with Crippen LogP contribution >= 0.6 is 0 Å². The number of carboxylic acid groups (broad SMARTS) is 1. The number of amides is 1. The molecular weight excluding hydrogens is 320 g/mol. The Kier molecular flexibility index (Phi) is 5.90. The molecule has 2 aromatic heterocycles. The maximum absolute atomic E-state index is 12.0. The minimum atomic E-state index is -1.20. The van der Waals surface area contributed by atoms with Crippen molar-refractivity contribution in [1.82, 2.24) is 19.9 Å². The topological polar surface area (TPSA) is 135 Å². The van der Waals surface area contributed by atoms with Gasteiger partial charge in [0, 0.05) is 12.7 Å². The average Bonchev–Trinajstić information content (AvgIpc) is 3.01. The number of aromatic hydroxyl groups is 1. The fraction of sp³-hybridized carbons (Fsp3) is 0.429. The van der Waals surface area contributed by atoms with Gasteiger partial charge >= 0.3 is 5.97 Å². The number of aromatic nitrogens is 3. The number of hydrogen-bond acceptors (Lipinski definition) is 7. The summed E-state index contributed by atoms with van der Waals surface area (Å²) < 4.78 is 12.0. The van der Waals surface area contributed by atoms with Gasteiger partial charge in [0.15, 0.2) is 5.65 Å². The second-order valence-corrected chi connectivity index (χ2v) is 4.78. The highest BCUT2D eigenvalue weighted by Crippen LogP contribution is 2.27. The van der Waals surface area contributed by atoms with Crippen LogP contribution in [0.2, 0.25) is 0 Å². The van der Waals surface area contributed by atoms with Crippen molar-refractivity contribution >= 4 is 17.5 Å². The van der Waals surface area contributed by atoms with E-state index in [-0.39, 0.29) is 29.4 Å². The van der Waals surface area contributed by atoms with E-state index in [1.54, 1.807) is 0 Å². The van der Waals surface area contributed by atoms with Crippen LogP contribution in [0.15, 0.2) is 12.4 Å². The molecule has 2 aromatic rings. The number of ether oxygens (including phenoxy) is 2. The lowest BCUT2D eigenvalue weighted by Crippen LogP contribution is -2.29. The number of fused-ring (bicyclic) bond motifs is 1. The molecule has 3 N–H and O–H groups in total. The van der Waals surface area contributed by atoms with E-state index < -0.39 is 18.4 Å². The van der Waals surface area contributed by atoms with Gasteiger partial charge in [0.05, 0.1) is 6.61 Å². The van der Waals surface area contributed by atoms with Gasteiger partial charge in [-0.2, -0.15) is 9.61 Å². The molecule has 0 bridgehead atoms. The quantitative estimate of drug-likeness (QED) is 0.546. The Morgan fingerprint density at radius 3 is 2.83 bits per heavy atom. The van der Waals surface area contributed by atoms with Crippen LogP contribution in [0.4, 0.5) is 0 Å². The normalized spacial score (nSPS) is 10.7. The highest BCUT2D eigenvalue weighted by molar-refractivity contribution is 6.03. The van der Waals surface area contributed by atoms with Crippen molar-refractivity contribution in [1.29, 1.82) is 0 Å². The molecule has 0 aliphatic carbocycles. The summed E-state index contributed by atoms with van der Waals surface area (Å²) in [4.78, 5) is 26.5. The Labute approximate surface area is 137 Å². The van der Waals surface area contributed by atoms with Crippen molar-refractivity contribution in [2.24, 2.45) is 0 Å². The number of carbonyl (C=O) groups excluding carboxylic acids is 1. The molecule has 10 nitrogen and oxygen atoms in total. The molecule has 0 saturated heterocycles. The molecule has 24 heavy (non-hydrogen) atoms. The van der Waals surface area contributed by atoms with Crippen molar-refractivity contribution in [2.45, 2.75) is 13.3 Å². The Bertz CT molecular complexity index is 729. The molecule has 10 heteroatoms. The third-order valence-corrected chi connectivity index (χ3v) is 2.95. The summed E-state index contributed by atoms with van der Waals surface area (Å²) in [7, 11) is 0. The molecule has 0 spiro atoms. The van der Waals surface area contributed by atoms with Crippen LogP contribution in [0.1, 0.15) is 23.7 Å². The predicted molar refractivity (Wildman–Crippen MR) is 81.2 cm³/mol. The molecule has 0 radical (unpaired) electrons. The molecule has 2 rings (SSSR count). The zero-order chi connectivity index (χ0) is 17.5. The summed E-state index contributed by atoms with van der Waals surface area (Å²) >= 11 is 0. The molecule has 0 saturated carbocycles. The third kappa shape index (κ3) is 4.10. The number of aliphatic carboxylic acids is 1. The fourth-order valence-electron chi connectivity index (χ4n) is 1.95. The molecule has 0 atom stereocenters. The van der Waals surface area contributed by atoms with E-state index in [9.17, 15) is 14.7 Å². The first-order valence-corrected chi connectivity index (χ1v) is 7.30. The van der Waals surface area contributed by atoms with Gasteiger partial charge < -0.3 is 25.0 Å². The zero-order valence-electron chi connectivity index (χ0n) is 13.1. The molecule has 0 aliphatic heterocycles. The standard InChI is InChI=1S/C14H18N4O6/c1-2-3-23-4-5-24-10-6-9(19)12(13-16-8-17-18(10)13)14(22)15-7-11(20)21/h6,8,19H,2-5,7H2,1H3,(H,15,22)(H,20,21). The van der Waals surface area contributed by atoms with Crippen LogP contribution in [0, 0.1) is 0 Å². The summed E-state index contributed by atoms with van der Waals surface area (Å²) in [5.41, 5.74) is -0.120. The van der Waals surface area contributed by atoms with Gasteiger partial charge in [0.2, 0.25) is 5.88 Å². The molecule has 0 unspecified atom stereocenters. The van der Waals surface area contributed by atoms with Crippen molar-refractivity contribution in [3.8, 4) is 11.6 Å². The second kappa shape index (κ2) is 8.11. The Balaban J connectivity index is 2.19. The van der Waals surface area contributed by atoms with Crippen molar-refractivity contribution in [3.05, 3.63) is 18.0 Å². The minimum absolute atomic E-state index is 0.0577. The minimum Gasteiger partial charge on any atom is -0.507 e. The Morgan fingerprint density at radius 1 is 1.33 bits per heavy atom. The molecular formula is C14H18N4O6. The molecule has 0 aliphatic rings. The van der Waals surface area contributed by atoms with Crippen LogP contribution < -0.4 is 10.1 Å². The zero-order valence-corrected chi connectivity index (χ0v) is 13.1. The van der Waals surface area contributed by atoms with Crippen molar-refractivity contribution in [3.63, 3.8) is 0 Å². The first-order chi connectivity index (χ1) is 11.5. The number of carbonyl (C=O) groups is 2. The third-order valence-electron chi connectivity index (χ3n) is 2.95. The van der Waals surface area contributed by atoms with E-state index in [0.29, 0.717) is 13.2 Å². The van der Waals surface area contributed by atoms with E-state index in [4.69, 9.17) is 14.6 Å². The lowest BCUT2D eigenvalue weighted by atomic mass is 10.2. The molecule has 1 amide bonds. The summed E-state index contributed by atoms with van der Waals surface area (Å²) in [6.45, 7) is 2.64. The predicted octanol–water partition coefficient (Wildman–Crippen LogP) is 0.0547. The maximum atomic E-state index is 12.0. The second-order valence-electron chi connectivity index (χ2n) is 4.78. The van der Waals surface area contributed by atoms with E-state index in [2.05, 4.69) is 15.4 Å². The van der Waals surface area contributed by atoms with Crippen LogP contribution in [-0.4, -0.2) is 63.1 Å². The van der Waals surface area contributed by atoms with Crippen molar-refractivity contribution < 1.29 is 29.3 Å². The van der Waals surface area contributed by atoms with Gasteiger partial charge in [0.25, 0.3) is 5.91 Å². The monoisotopic (exact) mass is 338 g/mol. The first kappa shape index (κ1) is 17.5. The number of nitrogens with zero attached hydrogens (tertiary/aromatic N) is 3. The summed E-state index contributed by atoms with van der Waals surface area (Å²) in [5, 5.41) is 24.8. The lowest BCUT2D eigenvalue weighted by molar-refractivity contribution is -0.135.